The van der Waals surface area contributed by atoms with Gasteiger partial charge in [-0.2, -0.15) is 0 Å². The van der Waals surface area contributed by atoms with E-state index in [1.54, 1.807) is 0 Å². The minimum atomic E-state index is 0.116. The zero-order valence-electron chi connectivity index (χ0n) is 12.1. The molecule has 0 radical (unpaired) electrons. The molecule has 0 heterocycles. The van der Waals surface area contributed by atoms with Crippen molar-refractivity contribution in [2.45, 2.75) is 32.4 Å². The molecule has 0 saturated heterocycles. The third kappa shape index (κ3) is 4.88. The van der Waals surface area contributed by atoms with Crippen molar-refractivity contribution in [3.05, 3.63) is 34.3 Å². The van der Waals surface area contributed by atoms with Crippen molar-refractivity contribution < 1.29 is 4.74 Å². The zero-order chi connectivity index (χ0) is 14.3. The van der Waals surface area contributed by atoms with Gasteiger partial charge in [0.05, 0.1) is 12.6 Å². The molecule has 0 spiro atoms. The minimum absolute atomic E-state index is 0.116. The van der Waals surface area contributed by atoms with Gasteiger partial charge in [-0.25, -0.2) is 0 Å². The average Bonchev–Trinajstić information content (AvgIpc) is 2.41. The van der Waals surface area contributed by atoms with Crippen molar-refractivity contribution in [2.24, 2.45) is 5.73 Å². The summed E-state index contributed by atoms with van der Waals surface area (Å²) in [4.78, 5) is 2.28. The highest BCUT2D eigenvalue weighted by molar-refractivity contribution is 9.10. The van der Waals surface area contributed by atoms with Crippen molar-refractivity contribution in [3.8, 4) is 0 Å². The van der Waals surface area contributed by atoms with Crippen LogP contribution in [0.4, 0.5) is 0 Å². The topological polar surface area (TPSA) is 38.5 Å². The summed E-state index contributed by atoms with van der Waals surface area (Å²) in [5.74, 6) is 0. The lowest BCUT2D eigenvalue weighted by Crippen LogP contribution is -2.40. The quantitative estimate of drug-likeness (QED) is 0.745. The normalized spacial score (nSPS) is 14.6. The van der Waals surface area contributed by atoms with Gasteiger partial charge in [-0.1, -0.05) is 41.1 Å². The van der Waals surface area contributed by atoms with Crippen molar-refractivity contribution in [1.29, 1.82) is 0 Å². The lowest BCUT2D eigenvalue weighted by molar-refractivity contribution is 0.100. The van der Waals surface area contributed by atoms with Crippen LogP contribution in [0, 0.1) is 0 Å². The smallest absolute Gasteiger partial charge is 0.0593 e. The molecule has 3 nitrogen and oxygen atoms in total. The Labute approximate surface area is 125 Å². The van der Waals surface area contributed by atoms with Crippen LogP contribution in [-0.4, -0.2) is 37.7 Å². The van der Waals surface area contributed by atoms with Crippen LogP contribution < -0.4 is 5.73 Å². The second-order valence-electron chi connectivity index (χ2n) is 4.72. The molecule has 0 fully saturated rings. The third-order valence-corrected chi connectivity index (χ3v) is 4.09. The van der Waals surface area contributed by atoms with Crippen LogP contribution in [0.5, 0.6) is 0 Å². The lowest BCUT2D eigenvalue weighted by Gasteiger charge is -2.33. The second kappa shape index (κ2) is 8.69. The van der Waals surface area contributed by atoms with Crippen molar-refractivity contribution >= 4 is 15.9 Å². The first-order valence-electron chi connectivity index (χ1n) is 6.89. The van der Waals surface area contributed by atoms with Crippen molar-refractivity contribution in [2.75, 3.05) is 26.8 Å². The molecule has 0 aromatic heterocycles. The molecule has 0 amide bonds. The molecule has 0 saturated carbocycles. The predicted octanol–water partition coefficient (Wildman–Crippen LogP) is 3.20. The maximum absolute atomic E-state index is 6.32. The number of nitrogens with zero attached hydrogens (tertiary/aromatic N) is 1. The number of benzene rings is 1. The molecule has 0 aliphatic carbocycles. The zero-order valence-corrected chi connectivity index (χ0v) is 13.7. The highest BCUT2D eigenvalue weighted by Crippen LogP contribution is 2.29. The van der Waals surface area contributed by atoms with Crippen LogP contribution >= 0.6 is 15.9 Å². The van der Waals surface area contributed by atoms with Gasteiger partial charge >= 0.3 is 0 Å². The Kier molecular flexibility index (Phi) is 7.61. The fourth-order valence-electron chi connectivity index (χ4n) is 2.23. The fourth-order valence-corrected chi connectivity index (χ4v) is 2.74. The van der Waals surface area contributed by atoms with E-state index in [9.17, 15) is 0 Å². The van der Waals surface area contributed by atoms with Gasteiger partial charge < -0.3 is 10.5 Å². The lowest BCUT2D eigenvalue weighted by atomic mass is 9.97. The van der Waals surface area contributed by atoms with Gasteiger partial charge in [0.25, 0.3) is 0 Å². The number of nitrogens with two attached hydrogens (primary N) is 1. The number of rotatable bonds is 8. The summed E-state index contributed by atoms with van der Waals surface area (Å²) in [7, 11) is 2.11. The average molecular weight is 329 g/mol. The summed E-state index contributed by atoms with van der Waals surface area (Å²) in [6.45, 7) is 6.53. The fraction of sp³-hybridized carbons (Fsp3) is 0.600. The first-order valence-corrected chi connectivity index (χ1v) is 7.69. The van der Waals surface area contributed by atoms with E-state index in [1.165, 1.54) is 5.56 Å². The first-order chi connectivity index (χ1) is 9.11. The Balaban J connectivity index is 2.86. The number of halogens is 1. The van der Waals surface area contributed by atoms with Gasteiger partial charge in [0.2, 0.25) is 0 Å². The van der Waals surface area contributed by atoms with Crippen LogP contribution in [-0.2, 0) is 4.74 Å². The van der Waals surface area contributed by atoms with E-state index >= 15 is 0 Å². The SMILES string of the molecule is CCOCCN(C)C(c1ccccc1Br)C(N)CC. The van der Waals surface area contributed by atoms with E-state index in [-0.39, 0.29) is 12.1 Å². The summed E-state index contributed by atoms with van der Waals surface area (Å²) in [6, 6.07) is 8.63. The van der Waals surface area contributed by atoms with E-state index < -0.39 is 0 Å². The molecule has 2 unspecified atom stereocenters. The van der Waals surface area contributed by atoms with Crippen molar-refractivity contribution in [1.82, 2.24) is 4.90 Å². The van der Waals surface area contributed by atoms with E-state index in [0.717, 1.165) is 30.7 Å². The monoisotopic (exact) mass is 328 g/mol. The Hall–Kier alpha value is -0.420. The molecular formula is C15H25BrN2O. The van der Waals surface area contributed by atoms with E-state index in [2.05, 4.69) is 53.0 Å². The molecular weight excluding hydrogens is 304 g/mol. The van der Waals surface area contributed by atoms with Gasteiger partial charge in [0, 0.05) is 23.7 Å². The highest BCUT2D eigenvalue weighted by Gasteiger charge is 2.24. The van der Waals surface area contributed by atoms with Crippen LogP contribution in [0.3, 0.4) is 0 Å². The van der Waals surface area contributed by atoms with Crippen LogP contribution in [0.15, 0.2) is 28.7 Å². The van der Waals surface area contributed by atoms with Gasteiger partial charge in [-0.15, -0.1) is 0 Å². The molecule has 0 aliphatic heterocycles. The summed E-state index contributed by atoms with van der Waals surface area (Å²) in [5.41, 5.74) is 7.57. The Morgan fingerprint density at radius 3 is 2.58 bits per heavy atom. The Morgan fingerprint density at radius 1 is 1.32 bits per heavy atom. The number of hydrogen-bond donors (Lipinski definition) is 1. The summed E-state index contributed by atoms with van der Waals surface area (Å²) in [5, 5.41) is 0. The predicted molar refractivity (Wildman–Crippen MR) is 84.3 cm³/mol. The van der Waals surface area contributed by atoms with E-state index in [4.69, 9.17) is 10.5 Å². The molecule has 19 heavy (non-hydrogen) atoms. The first kappa shape index (κ1) is 16.6. The maximum atomic E-state index is 6.32. The van der Waals surface area contributed by atoms with Crippen LogP contribution in [0.2, 0.25) is 0 Å². The molecule has 0 bridgehead atoms. The van der Waals surface area contributed by atoms with Gasteiger partial charge in [-0.05, 0) is 32.0 Å². The number of likely N-dealkylation sites (N-methyl/N-ethyl adjacent to an activating group) is 1. The minimum Gasteiger partial charge on any atom is -0.380 e. The van der Waals surface area contributed by atoms with Crippen LogP contribution in [0.25, 0.3) is 0 Å². The molecule has 1 aromatic rings. The standard InChI is InChI=1S/C15H25BrN2O/c1-4-14(17)15(18(3)10-11-19-5-2)12-8-6-7-9-13(12)16/h6-9,14-15H,4-5,10-11,17H2,1-3H3. The highest BCUT2D eigenvalue weighted by atomic mass is 79.9. The van der Waals surface area contributed by atoms with Gasteiger partial charge in [0.15, 0.2) is 0 Å². The maximum Gasteiger partial charge on any atom is 0.0593 e. The Morgan fingerprint density at radius 2 is 2.00 bits per heavy atom. The summed E-state index contributed by atoms with van der Waals surface area (Å²) in [6.07, 6.45) is 0.949. The largest absolute Gasteiger partial charge is 0.380 e. The molecule has 1 aromatic carbocycles. The molecule has 2 atom stereocenters. The van der Waals surface area contributed by atoms with E-state index in [0.29, 0.717) is 0 Å². The van der Waals surface area contributed by atoms with Crippen molar-refractivity contribution in [3.63, 3.8) is 0 Å². The molecule has 2 N–H and O–H groups in total. The van der Waals surface area contributed by atoms with E-state index in [1.807, 2.05) is 13.0 Å². The molecule has 0 aliphatic rings. The molecule has 1 rings (SSSR count). The third-order valence-electron chi connectivity index (χ3n) is 3.37. The Bertz CT molecular complexity index is 373. The number of ether oxygens (including phenoxy) is 1. The second-order valence-corrected chi connectivity index (χ2v) is 5.57. The molecule has 108 valence electrons. The summed E-state index contributed by atoms with van der Waals surface area (Å²) < 4.78 is 6.56. The number of hydrogen-bond acceptors (Lipinski definition) is 3. The van der Waals surface area contributed by atoms with Gasteiger partial charge in [-0.3, -0.25) is 4.90 Å². The summed E-state index contributed by atoms with van der Waals surface area (Å²) >= 11 is 3.63. The molecule has 4 heteroatoms. The van der Waals surface area contributed by atoms with Gasteiger partial charge in [0.1, 0.15) is 0 Å². The van der Waals surface area contributed by atoms with Crippen LogP contribution in [0.1, 0.15) is 31.9 Å².